The van der Waals surface area contributed by atoms with Gasteiger partial charge in [0.2, 0.25) is 0 Å². The first kappa shape index (κ1) is 38.0. The summed E-state index contributed by atoms with van der Waals surface area (Å²) < 4.78 is 6.62. The highest BCUT2D eigenvalue weighted by Crippen LogP contribution is 2.37. The van der Waals surface area contributed by atoms with Gasteiger partial charge in [-0.1, -0.05) is 189 Å². The quantitative estimate of drug-likeness (QED) is 0.0776. The van der Waals surface area contributed by atoms with Crippen molar-refractivity contribution < 1.29 is 4.74 Å². The average Bonchev–Trinajstić information content (AvgIpc) is 2.94. The minimum Gasteiger partial charge on any atom is -0.375 e. The topological polar surface area (TPSA) is 9.23 Å². The summed E-state index contributed by atoms with van der Waals surface area (Å²) in [5, 5.41) is 0. The molecule has 0 aliphatic heterocycles. The Balaban J connectivity index is 3.94. The first-order valence-electron chi connectivity index (χ1n) is 18.3. The lowest BCUT2D eigenvalue weighted by molar-refractivity contribution is -0.0983. The van der Waals surface area contributed by atoms with Gasteiger partial charge in [-0.25, -0.2) is 0 Å². The van der Waals surface area contributed by atoms with Gasteiger partial charge in [0.05, 0.1) is 5.60 Å². The van der Waals surface area contributed by atoms with Crippen LogP contribution in [-0.4, -0.2) is 12.2 Å². The van der Waals surface area contributed by atoms with Crippen molar-refractivity contribution in [3.05, 3.63) is 0 Å². The molecule has 0 rings (SSSR count). The van der Waals surface area contributed by atoms with E-state index in [-0.39, 0.29) is 5.60 Å². The van der Waals surface area contributed by atoms with E-state index in [0.29, 0.717) is 0 Å². The van der Waals surface area contributed by atoms with E-state index in [1.807, 2.05) is 0 Å². The SMILES string of the molecule is CCCCCCCCCCCCCCCCCCCCC(CCCCCCCC)C(CC)(CC)OCCC. The van der Waals surface area contributed by atoms with Crippen molar-refractivity contribution in [2.75, 3.05) is 6.61 Å². The largest absolute Gasteiger partial charge is 0.375 e. The van der Waals surface area contributed by atoms with E-state index in [0.717, 1.165) is 18.9 Å². The van der Waals surface area contributed by atoms with Crippen LogP contribution in [0.1, 0.15) is 221 Å². The number of hydrogen-bond donors (Lipinski definition) is 0. The molecule has 0 aromatic heterocycles. The molecule has 1 nitrogen and oxygen atoms in total. The second kappa shape index (κ2) is 29.9. The van der Waals surface area contributed by atoms with Gasteiger partial charge < -0.3 is 4.74 Å². The lowest BCUT2D eigenvalue weighted by Crippen LogP contribution is -2.40. The van der Waals surface area contributed by atoms with Crippen LogP contribution in [0.5, 0.6) is 0 Å². The molecule has 230 valence electrons. The molecular weight excluding hydrogens is 460 g/mol. The zero-order chi connectivity index (χ0) is 28.0. The van der Waals surface area contributed by atoms with Gasteiger partial charge in [0.25, 0.3) is 0 Å². The molecule has 0 amide bonds. The number of ether oxygens (including phenoxy) is 1. The van der Waals surface area contributed by atoms with Crippen molar-refractivity contribution in [3.8, 4) is 0 Å². The molecule has 0 fully saturated rings. The Hall–Kier alpha value is -0.0400. The molecule has 0 bridgehead atoms. The second-order valence-electron chi connectivity index (χ2n) is 12.7. The Labute approximate surface area is 243 Å². The van der Waals surface area contributed by atoms with Crippen LogP contribution in [0.25, 0.3) is 0 Å². The molecule has 1 heteroatoms. The van der Waals surface area contributed by atoms with Crippen LogP contribution in [0.2, 0.25) is 0 Å². The summed E-state index contributed by atoms with van der Waals surface area (Å²) in [6.45, 7) is 12.6. The summed E-state index contributed by atoms with van der Waals surface area (Å²) in [4.78, 5) is 0. The minimum absolute atomic E-state index is 0.133. The molecule has 0 spiro atoms. The van der Waals surface area contributed by atoms with Gasteiger partial charge in [0.1, 0.15) is 0 Å². The zero-order valence-corrected chi connectivity index (χ0v) is 27.7. The first-order valence-corrected chi connectivity index (χ1v) is 18.3. The molecule has 0 saturated heterocycles. The molecule has 0 saturated carbocycles. The Morgan fingerprint density at radius 1 is 0.368 bits per heavy atom. The molecule has 0 heterocycles. The molecule has 0 aromatic carbocycles. The van der Waals surface area contributed by atoms with Gasteiger partial charge in [0, 0.05) is 6.61 Å². The van der Waals surface area contributed by atoms with E-state index < -0.39 is 0 Å². The van der Waals surface area contributed by atoms with Crippen molar-refractivity contribution in [2.24, 2.45) is 5.92 Å². The Morgan fingerprint density at radius 2 is 0.658 bits per heavy atom. The molecule has 38 heavy (non-hydrogen) atoms. The number of rotatable bonds is 32. The van der Waals surface area contributed by atoms with Crippen LogP contribution in [-0.2, 0) is 4.74 Å². The first-order chi connectivity index (χ1) is 18.7. The summed E-state index contributed by atoms with van der Waals surface area (Å²) in [6, 6.07) is 0. The van der Waals surface area contributed by atoms with E-state index in [9.17, 15) is 0 Å². The van der Waals surface area contributed by atoms with E-state index in [4.69, 9.17) is 4.74 Å². The average molecular weight is 537 g/mol. The number of hydrogen-bond acceptors (Lipinski definition) is 1. The fourth-order valence-electron chi connectivity index (χ4n) is 6.59. The molecule has 0 aromatic rings. The van der Waals surface area contributed by atoms with Crippen LogP contribution in [0.3, 0.4) is 0 Å². The van der Waals surface area contributed by atoms with Crippen LogP contribution < -0.4 is 0 Å². The minimum atomic E-state index is 0.133. The maximum Gasteiger partial charge on any atom is 0.0705 e. The monoisotopic (exact) mass is 537 g/mol. The highest BCUT2D eigenvalue weighted by atomic mass is 16.5. The Bertz CT molecular complexity index is 426. The van der Waals surface area contributed by atoms with Gasteiger partial charge >= 0.3 is 0 Å². The predicted octanol–water partition coefficient (Wildman–Crippen LogP) is 13.8. The summed E-state index contributed by atoms with van der Waals surface area (Å²) in [7, 11) is 0. The highest BCUT2D eigenvalue weighted by molar-refractivity contribution is 4.86. The maximum absolute atomic E-state index is 6.62. The summed E-state index contributed by atoms with van der Waals surface area (Å²) in [5.41, 5.74) is 0.133. The van der Waals surface area contributed by atoms with Gasteiger partial charge in [0.15, 0.2) is 0 Å². The van der Waals surface area contributed by atoms with Crippen molar-refractivity contribution in [3.63, 3.8) is 0 Å². The molecule has 0 N–H and O–H groups in total. The molecule has 0 radical (unpaired) electrons. The normalized spacial score (nSPS) is 12.9. The lowest BCUT2D eigenvalue weighted by Gasteiger charge is -2.40. The molecule has 1 unspecified atom stereocenters. The zero-order valence-electron chi connectivity index (χ0n) is 27.7. The molecular formula is C37H76O. The van der Waals surface area contributed by atoms with Crippen LogP contribution in [0.15, 0.2) is 0 Å². The van der Waals surface area contributed by atoms with Crippen molar-refractivity contribution in [1.82, 2.24) is 0 Å². The summed E-state index contributed by atoms with van der Waals surface area (Å²) >= 11 is 0. The van der Waals surface area contributed by atoms with E-state index in [1.54, 1.807) is 0 Å². The van der Waals surface area contributed by atoms with Gasteiger partial charge in [-0.15, -0.1) is 0 Å². The highest BCUT2D eigenvalue weighted by Gasteiger charge is 2.35. The van der Waals surface area contributed by atoms with Gasteiger partial charge in [-0.05, 0) is 38.0 Å². The molecule has 0 aliphatic rings. The molecule has 1 atom stereocenters. The van der Waals surface area contributed by atoms with E-state index in [2.05, 4.69) is 34.6 Å². The van der Waals surface area contributed by atoms with Gasteiger partial charge in [-0.2, -0.15) is 0 Å². The third-order valence-corrected chi connectivity index (χ3v) is 9.35. The van der Waals surface area contributed by atoms with Crippen LogP contribution in [0.4, 0.5) is 0 Å². The lowest BCUT2D eigenvalue weighted by atomic mass is 9.76. The fraction of sp³-hybridized carbons (Fsp3) is 1.00. The van der Waals surface area contributed by atoms with Crippen LogP contribution >= 0.6 is 0 Å². The van der Waals surface area contributed by atoms with E-state index >= 15 is 0 Å². The summed E-state index contributed by atoms with van der Waals surface area (Å²) in [5.74, 6) is 0.760. The standard InChI is InChI=1S/C37H76O/c1-6-11-13-15-17-18-19-20-21-22-23-24-25-26-27-28-30-32-34-36(33-31-29-16-14-12-7-2)37(9-4,10-5)38-35-8-3/h36H,6-35H2,1-5H3. The van der Waals surface area contributed by atoms with Crippen molar-refractivity contribution in [1.29, 1.82) is 0 Å². The number of unbranched alkanes of at least 4 members (excludes halogenated alkanes) is 22. The second-order valence-corrected chi connectivity index (χ2v) is 12.7. The van der Waals surface area contributed by atoms with E-state index in [1.165, 1.54) is 180 Å². The fourth-order valence-corrected chi connectivity index (χ4v) is 6.59. The maximum atomic E-state index is 6.62. The van der Waals surface area contributed by atoms with Crippen molar-refractivity contribution in [2.45, 2.75) is 226 Å². The van der Waals surface area contributed by atoms with Gasteiger partial charge in [-0.3, -0.25) is 0 Å². The smallest absolute Gasteiger partial charge is 0.0705 e. The Kier molecular flexibility index (Phi) is 29.9. The van der Waals surface area contributed by atoms with Crippen molar-refractivity contribution >= 4 is 0 Å². The molecule has 0 aliphatic carbocycles. The predicted molar refractivity (Wildman–Crippen MR) is 174 cm³/mol. The Morgan fingerprint density at radius 3 is 0.921 bits per heavy atom. The summed E-state index contributed by atoms with van der Waals surface area (Å²) in [6.07, 6.45) is 41.0. The third-order valence-electron chi connectivity index (χ3n) is 9.35. The third kappa shape index (κ3) is 21.7. The van der Waals surface area contributed by atoms with Crippen LogP contribution in [0, 0.1) is 5.92 Å².